The average Bonchev–Trinajstić information content (AvgIpc) is 2.82. The van der Waals surface area contributed by atoms with Crippen LogP contribution in [0.15, 0.2) is 60.8 Å². The number of likely N-dealkylation sites (N-methyl/N-ethyl adjacent to an activating group) is 1. The Morgan fingerprint density at radius 2 is 1.82 bits per heavy atom. The molecule has 1 aromatic heterocycles. The molecule has 0 radical (unpaired) electrons. The molecule has 0 aliphatic heterocycles. The van der Waals surface area contributed by atoms with Gasteiger partial charge in [-0.15, -0.1) is 0 Å². The van der Waals surface area contributed by atoms with E-state index in [1.54, 1.807) is 30.5 Å². The van der Waals surface area contributed by atoms with Gasteiger partial charge in [-0.1, -0.05) is 54.1 Å². The molecule has 0 aliphatic carbocycles. The molecule has 0 bridgehead atoms. The fraction of sp³-hybridized carbons (Fsp3) is 0.250. The number of hydrogen-bond acceptors (Lipinski definition) is 5. The molecule has 178 valence electrons. The summed E-state index contributed by atoms with van der Waals surface area (Å²) in [4.78, 5) is 41.5. The number of carboxylic acid groups (broad SMARTS) is 1. The molecule has 0 fully saturated rings. The number of rotatable bonds is 9. The van der Waals surface area contributed by atoms with Gasteiger partial charge in [-0.3, -0.25) is 10.1 Å². The zero-order valence-electron chi connectivity index (χ0n) is 18.5. The van der Waals surface area contributed by atoms with Crippen LogP contribution in [0.4, 0.5) is 15.4 Å². The summed E-state index contributed by atoms with van der Waals surface area (Å²) >= 11 is 6.12. The molecular weight excluding hydrogens is 460 g/mol. The molecule has 1 heterocycles. The summed E-state index contributed by atoms with van der Waals surface area (Å²) in [5.74, 6) is -0.698. The highest BCUT2D eigenvalue weighted by Crippen LogP contribution is 2.17. The summed E-state index contributed by atoms with van der Waals surface area (Å²) in [5.41, 5.74) is 0.742. The molecule has 0 aliphatic rings. The van der Waals surface area contributed by atoms with Gasteiger partial charge >= 0.3 is 18.1 Å². The maximum Gasteiger partial charge on any atom is 0.412 e. The first kappa shape index (κ1) is 24.8. The summed E-state index contributed by atoms with van der Waals surface area (Å²) < 4.78 is 5.28. The number of urea groups is 1. The number of benzene rings is 2. The van der Waals surface area contributed by atoms with E-state index in [1.165, 1.54) is 11.9 Å². The van der Waals surface area contributed by atoms with Gasteiger partial charge in [-0.05, 0) is 29.5 Å². The van der Waals surface area contributed by atoms with Crippen molar-refractivity contribution in [2.45, 2.75) is 25.4 Å². The van der Waals surface area contributed by atoms with Gasteiger partial charge in [0.05, 0.1) is 6.04 Å². The third-order valence-corrected chi connectivity index (χ3v) is 5.58. The number of halogens is 1. The Morgan fingerprint density at radius 3 is 2.56 bits per heavy atom. The first-order chi connectivity index (χ1) is 16.3. The van der Waals surface area contributed by atoms with E-state index in [0.717, 1.165) is 16.3 Å². The molecule has 9 nitrogen and oxygen atoms in total. The van der Waals surface area contributed by atoms with Crippen LogP contribution in [0.2, 0.25) is 5.02 Å². The van der Waals surface area contributed by atoms with Crippen LogP contribution in [-0.2, 0) is 16.1 Å². The van der Waals surface area contributed by atoms with Crippen molar-refractivity contribution >= 4 is 46.3 Å². The molecule has 10 heteroatoms. The second-order valence-electron chi connectivity index (χ2n) is 7.59. The smallest absolute Gasteiger partial charge is 0.412 e. The van der Waals surface area contributed by atoms with Crippen molar-refractivity contribution in [2.75, 3.05) is 19.0 Å². The maximum absolute atomic E-state index is 12.6. The number of aliphatic carboxylic acids is 1. The van der Waals surface area contributed by atoms with Crippen molar-refractivity contribution in [3.8, 4) is 0 Å². The van der Waals surface area contributed by atoms with E-state index in [9.17, 15) is 14.4 Å². The second kappa shape index (κ2) is 11.9. The molecule has 0 saturated heterocycles. The Bertz CT molecular complexity index is 1170. The Labute approximate surface area is 201 Å². The van der Waals surface area contributed by atoms with Gasteiger partial charge in [-0.25, -0.2) is 14.6 Å². The van der Waals surface area contributed by atoms with Crippen molar-refractivity contribution in [1.29, 1.82) is 0 Å². The minimum Gasteiger partial charge on any atom is -0.481 e. The van der Waals surface area contributed by atoms with Crippen LogP contribution in [0.3, 0.4) is 0 Å². The predicted molar refractivity (Wildman–Crippen MR) is 129 cm³/mol. The van der Waals surface area contributed by atoms with Crippen LogP contribution in [-0.4, -0.2) is 52.8 Å². The minimum atomic E-state index is -1.01. The number of aromatic nitrogens is 1. The number of ether oxygens (including phenoxy) is 1. The van der Waals surface area contributed by atoms with Crippen LogP contribution in [0.1, 0.15) is 18.4 Å². The van der Waals surface area contributed by atoms with Crippen molar-refractivity contribution in [2.24, 2.45) is 0 Å². The number of pyridine rings is 1. The minimum absolute atomic E-state index is 0.104. The van der Waals surface area contributed by atoms with Gasteiger partial charge in [0.2, 0.25) is 0 Å². The summed E-state index contributed by atoms with van der Waals surface area (Å²) in [5, 5.41) is 16.7. The van der Waals surface area contributed by atoms with Crippen LogP contribution < -0.4 is 10.6 Å². The highest BCUT2D eigenvalue weighted by Gasteiger charge is 2.23. The highest BCUT2D eigenvalue weighted by molar-refractivity contribution is 6.31. The molecule has 3 rings (SSSR count). The van der Waals surface area contributed by atoms with Crippen molar-refractivity contribution in [1.82, 2.24) is 15.2 Å². The molecular formula is C24H25ClN4O5. The van der Waals surface area contributed by atoms with Crippen molar-refractivity contribution in [3.63, 3.8) is 0 Å². The molecule has 3 amide bonds. The number of nitrogens with one attached hydrogen (secondary N) is 2. The zero-order valence-corrected chi connectivity index (χ0v) is 19.3. The van der Waals surface area contributed by atoms with Gasteiger partial charge in [0.15, 0.2) is 0 Å². The number of carbonyl (C=O) groups is 3. The highest BCUT2D eigenvalue weighted by atomic mass is 35.5. The molecule has 3 aromatic rings. The summed E-state index contributed by atoms with van der Waals surface area (Å²) in [6, 6.07) is 15.3. The fourth-order valence-electron chi connectivity index (χ4n) is 3.25. The lowest BCUT2D eigenvalue weighted by atomic mass is 10.1. The van der Waals surface area contributed by atoms with E-state index in [0.29, 0.717) is 10.8 Å². The first-order valence-electron chi connectivity index (χ1n) is 10.6. The summed E-state index contributed by atoms with van der Waals surface area (Å²) in [6.07, 6.45) is 0.794. The van der Waals surface area contributed by atoms with Gasteiger partial charge < -0.3 is 20.1 Å². The predicted octanol–water partition coefficient (Wildman–Crippen LogP) is 4.51. The lowest BCUT2D eigenvalue weighted by molar-refractivity contribution is -0.137. The quantitative estimate of drug-likeness (QED) is 0.411. The standard InChI is InChI=1S/C24H25ClN4O5/c1-29(23(32)27-14-18-8-4-5-9-20(18)25)19(10-11-22(30)31)15-34-24(33)28-21-12-16-6-2-3-7-17(16)13-26-21/h2-9,12-13,19H,10-11,14-15H2,1H3,(H,27,32)(H,30,31)(H,26,28,33)/t19-/m0/s1. The SMILES string of the molecule is CN(C(=O)NCc1ccccc1Cl)[C@@H](CCC(=O)O)COC(=O)Nc1cc2ccccc2cn1. The van der Waals surface area contributed by atoms with Gasteiger partial charge in [0.1, 0.15) is 12.4 Å². The van der Waals surface area contributed by atoms with E-state index in [1.807, 2.05) is 30.3 Å². The van der Waals surface area contributed by atoms with E-state index >= 15 is 0 Å². The molecule has 2 aromatic carbocycles. The zero-order chi connectivity index (χ0) is 24.5. The monoisotopic (exact) mass is 484 g/mol. The fourth-order valence-corrected chi connectivity index (χ4v) is 3.45. The van der Waals surface area contributed by atoms with Crippen molar-refractivity contribution in [3.05, 3.63) is 71.4 Å². The lowest BCUT2D eigenvalue weighted by Gasteiger charge is -2.28. The second-order valence-corrected chi connectivity index (χ2v) is 7.99. The van der Waals surface area contributed by atoms with E-state index in [4.69, 9.17) is 21.4 Å². The third kappa shape index (κ3) is 7.08. The number of anilines is 1. The lowest BCUT2D eigenvalue weighted by Crippen LogP contribution is -2.46. The normalized spacial score (nSPS) is 11.5. The number of carbonyl (C=O) groups excluding carboxylic acids is 2. The molecule has 1 atom stereocenters. The Balaban J connectivity index is 1.57. The average molecular weight is 485 g/mol. The third-order valence-electron chi connectivity index (χ3n) is 5.22. The number of nitrogens with zero attached hydrogens (tertiary/aromatic N) is 2. The molecule has 0 unspecified atom stereocenters. The van der Waals surface area contributed by atoms with E-state index < -0.39 is 24.1 Å². The largest absolute Gasteiger partial charge is 0.481 e. The molecule has 0 saturated carbocycles. The molecule has 0 spiro atoms. The number of carboxylic acids is 1. The Kier molecular flexibility index (Phi) is 8.64. The van der Waals surface area contributed by atoms with Crippen molar-refractivity contribution < 1.29 is 24.2 Å². The summed E-state index contributed by atoms with van der Waals surface area (Å²) in [7, 11) is 1.51. The molecule has 34 heavy (non-hydrogen) atoms. The van der Waals surface area contributed by atoms with Gasteiger partial charge in [-0.2, -0.15) is 0 Å². The van der Waals surface area contributed by atoms with Crippen LogP contribution in [0.25, 0.3) is 10.8 Å². The Morgan fingerprint density at radius 1 is 1.12 bits per heavy atom. The number of fused-ring (bicyclic) bond motifs is 1. The molecule has 3 N–H and O–H groups in total. The van der Waals surface area contributed by atoms with Crippen LogP contribution in [0, 0.1) is 0 Å². The summed E-state index contributed by atoms with van der Waals surface area (Å²) in [6.45, 7) is 0.00613. The number of amides is 3. The topological polar surface area (TPSA) is 121 Å². The number of hydrogen-bond donors (Lipinski definition) is 3. The van der Waals surface area contributed by atoms with Gasteiger partial charge in [0.25, 0.3) is 0 Å². The van der Waals surface area contributed by atoms with Crippen LogP contribution in [0.5, 0.6) is 0 Å². The van der Waals surface area contributed by atoms with E-state index in [2.05, 4.69) is 15.6 Å². The first-order valence-corrected chi connectivity index (χ1v) is 11.0. The van der Waals surface area contributed by atoms with Crippen LogP contribution >= 0.6 is 11.6 Å². The van der Waals surface area contributed by atoms with E-state index in [-0.39, 0.29) is 26.0 Å². The maximum atomic E-state index is 12.6. The Hall–Kier alpha value is -3.85. The van der Waals surface area contributed by atoms with Gasteiger partial charge in [0, 0.05) is 36.6 Å².